The summed E-state index contributed by atoms with van der Waals surface area (Å²) in [6.07, 6.45) is 0.989. The Morgan fingerprint density at radius 3 is 2.62 bits per heavy atom. The van der Waals surface area contributed by atoms with E-state index in [0.29, 0.717) is 22.8 Å². The second kappa shape index (κ2) is 6.09. The number of hydrogen-bond donors (Lipinski definition) is 0. The molecule has 0 aliphatic carbocycles. The standard InChI is InChI=1S/C18H25ClN6O/c1-10-8-25-12(9-23(10)4)6-7-22(3)15-13-16(20-11(2)14(15)19)24(5)18(26)21-17(13)25/h10,12H,6-9H2,1-5H3. The van der Waals surface area contributed by atoms with Crippen LogP contribution in [0.2, 0.25) is 5.02 Å². The zero-order valence-corrected chi connectivity index (χ0v) is 16.7. The number of nitrogens with zero attached hydrogens (tertiary/aromatic N) is 6. The van der Waals surface area contributed by atoms with Crippen molar-refractivity contribution in [3.63, 3.8) is 0 Å². The Balaban J connectivity index is 2.08. The van der Waals surface area contributed by atoms with Crippen molar-refractivity contribution in [2.24, 2.45) is 7.05 Å². The van der Waals surface area contributed by atoms with Crippen LogP contribution in [0.25, 0.3) is 11.0 Å². The summed E-state index contributed by atoms with van der Waals surface area (Å²) in [4.78, 5) is 28.6. The van der Waals surface area contributed by atoms with Gasteiger partial charge in [-0.2, -0.15) is 4.98 Å². The van der Waals surface area contributed by atoms with Gasteiger partial charge in [0.05, 0.1) is 21.8 Å². The minimum Gasteiger partial charge on any atom is -0.373 e. The van der Waals surface area contributed by atoms with E-state index in [2.05, 4.69) is 45.7 Å². The van der Waals surface area contributed by atoms with Gasteiger partial charge in [0.1, 0.15) is 11.5 Å². The Morgan fingerprint density at radius 1 is 1.15 bits per heavy atom. The molecular formula is C18H25ClN6O. The van der Waals surface area contributed by atoms with E-state index >= 15 is 0 Å². The summed E-state index contributed by atoms with van der Waals surface area (Å²) in [5.41, 5.74) is 2.03. The van der Waals surface area contributed by atoms with E-state index in [-0.39, 0.29) is 5.69 Å². The monoisotopic (exact) mass is 376 g/mol. The first-order chi connectivity index (χ1) is 12.3. The van der Waals surface area contributed by atoms with Crippen molar-refractivity contribution in [2.45, 2.75) is 32.4 Å². The van der Waals surface area contributed by atoms with Crippen LogP contribution in [0.1, 0.15) is 19.0 Å². The molecule has 2 atom stereocenters. The Morgan fingerprint density at radius 2 is 1.88 bits per heavy atom. The molecule has 4 heterocycles. The van der Waals surface area contributed by atoms with Gasteiger partial charge in [0.15, 0.2) is 0 Å². The van der Waals surface area contributed by atoms with Crippen LogP contribution in [-0.2, 0) is 7.05 Å². The van der Waals surface area contributed by atoms with E-state index in [1.165, 1.54) is 4.57 Å². The second-order valence-corrected chi connectivity index (χ2v) is 8.02. The Kier molecular flexibility index (Phi) is 4.11. The SMILES string of the molecule is Cc1nc2c3c(nc(=O)n2C)N2CC(C)N(C)CC2CCN(C)c3c1Cl. The predicted octanol–water partition coefficient (Wildman–Crippen LogP) is 1.64. The molecule has 2 aromatic rings. The predicted molar refractivity (Wildman–Crippen MR) is 106 cm³/mol. The highest BCUT2D eigenvalue weighted by molar-refractivity contribution is 6.35. The number of likely N-dealkylation sites (N-methyl/N-ethyl adjacent to an activating group) is 1. The first-order valence-corrected chi connectivity index (χ1v) is 9.42. The lowest BCUT2D eigenvalue weighted by molar-refractivity contribution is 0.195. The van der Waals surface area contributed by atoms with Crippen LogP contribution in [0.3, 0.4) is 0 Å². The number of aromatic nitrogens is 3. The lowest BCUT2D eigenvalue weighted by Crippen LogP contribution is -2.57. The lowest BCUT2D eigenvalue weighted by atomic mass is 10.0. The molecule has 140 valence electrons. The summed E-state index contributed by atoms with van der Waals surface area (Å²) in [5, 5.41) is 1.52. The summed E-state index contributed by atoms with van der Waals surface area (Å²) in [7, 11) is 5.94. The molecular weight excluding hydrogens is 352 g/mol. The fraction of sp³-hybridized carbons (Fsp3) is 0.611. The van der Waals surface area contributed by atoms with Gasteiger partial charge in [-0.3, -0.25) is 9.47 Å². The molecule has 0 aromatic carbocycles. The number of hydrogen-bond acceptors (Lipinski definition) is 6. The van der Waals surface area contributed by atoms with E-state index in [1.54, 1.807) is 7.05 Å². The normalized spacial score (nSPS) is 23.8. The summed E-state index contributed by atoms with van der Waals surface area (Å²) >= 11 is 6.67. The molecule has 2 aliphatic rings. The van der Waals surface area contributed by atoms with Gasteiger partial charge in [-0.05, 0) is 27.3 Å². The molecule has 7 nitrogen and oxygen atoms in total. The maximum atomic E-state index is 12.6. The van der Waals surface area contributed by atoms with Gasteiger partial charge in [0, 0.05) is 45.8 Å². The Labute approximate surface area is 158 Å². The third-order valence-electron chi connectivity index (χ3n) is 5.89. The van der Waals surface area contributed by atoms with Gasteiger partial charge >= 0.3 is 5.69 Å². The summed E-state index contributed by atoms with van der Waals surface area (Å²) < 4.78 is 1.52. The minimum atomic E-state index is -0.277. The van der Waals surface area contributed by atoms with Crippen molar-refractivity contribution in [3.05, 3.63) is 21.2 Å². The number of anilines is 2. The van der Waals surface area contributed by atoms with E-state index in [4.69, 9.17) is 11.6 Å². The second-order valence-electron chi connectivity index (χ2n) is 7.64. The van der Waals surface area contributed by atoms with Crippen molar-refractivity contribution in [2.75, 3.05) is 43.5 Å². The summed E-state index contributed by atoms with van der Waals surface area (Å²) in [6, 6.07) is 0.705. The van der Waals surface area contributed by atoms with E-state index in [1.807, 2.05) is 6.92 Å². The molecule has 1 fully saturated rings. The van der Waals surface area contributed by atoms with Gasteiger partial charge in [0.2, 0.25) is 0 Å². The molecule has 1 saturated heterocycles. The van der Waals surface area contributed by atoms with Crippen molar-refractivity contribution in [1.82, 2.24) is 19.4 Å². The van der Waals surface area contributed by atoms with Crippen LogP contribution in [0.15, 0.2) is 4.79 Å². The fourth-order valence-corrected chi connectivity index (χ4v) is 4.40. The Hall–Kier alpha value is -1.86. The smallest absolute Gasteiger partial charge is 0.350 e. The summed E-state index contributed by atoms with van der Waals surface area (Å²) in [5.74, 6) is 0.726. The summed E-state index contributed by atoms with van der Waals surface area (Å²) in [6.45, 7) is 6.78. The Bertz CT molecular complexity index is 942. The van der Waals surface area contributed by atoms with Crippen molar-refractivity contribution in [3.8, 4) is 0 Å². The topological polar surface area (TPSA) is 57.5 Å². The molecule has 2 aromatic heterocycles. The minimum absolute atomic E-state index is 0.277. The third kappa shape index (κ3) is 2.48. The third-order valence-corrected chi connectivity index (χ3v) is 6.35. The number of fused-ring (bicyclic) bond motifs is 2. The molecule has 8 heteroatoms. The van der Waals surface area contributed by atoms with Crippen LogP contribution in [0.5, 0.6) is 0 Å². The maximum Gasteiger partial charge on any atom is 0.350 e. The van der Waals surface area contributed by atoms with Crippen LogP contribution in [0, 0.1) is 6.92 Å². The highest BCUT2D eigenvalue weighted by atomic mass is 35.5. The zero-order valence-electron chi connectivity index (χ0n) is 16.0. The quantitative estimate of drug-likeness (QED) is 0.696. The van der Waals surface area contributed by atoms with E-state index in [9.17, 15) is 4.79 Å². The zero-order chi connectivity index (χ0) is 18.7. The molecule has 2 unspecified atom stereocenters. The van der Waals surface area contributed by atoms with Crippen molar-refractivity contribution >= 4 is 34.1 Å². The van der Waals surface area contributed by atoms with Gasteiger partial charge in [-0.1, -0.05) is 11.6 Å². The van der Waals surface area contributed by atoms with Gasteiger partial charge < -0.3 is 9.80 Å². The number of rotatable bonds is 0. The first-order valence-electron chi connectivity index (χ1n) is 9.04. The van der Waals surface area contributed by atoms with Gasteiger partial charge in [-0.15, -0.1) is 0 Å². The highest BCUT2D eigenvalue weighted by Crippen LogP contribution is 2.41. The molecule has 0 radical (unpaired) electrons. The molecule has 0 bridgehead atoms. The van der Waals surface area contributed by atoms with Crippen LogP contribution >= 0.6 is 11.6 Å². The number of aryl methyl sites for hydroxylation is 2. The van der Waals surface area contributed by atoms with Gasteiger partial charge in [0.25, 0.3) is 0 Å². The average molecular weight is 377 g/mol. The molecule has 0 saturated carbocycles. The largest absolute Gasteiger partial charge is 0.373 e. The molecule has 26 heavy (non-hydrogen) atoms. The number of pyridine rings is 1. The van der Waals surface area contributed by atoms with Crippen LogP contribution in [0.4, 0.5) is 11.5 Å². The van der Waals surface area contributed by atoms with Crippen LogP contribution < -0.4 is 15.5 Å². The van der Waals surface area contributed by atoms with Crippen LogP contribution in [-0.4, -0.2) is 65.2 Å². The first kappa shape index (κ1) is 17.5. The van der Waals surface area contributed by atoms with Gasteiger partial charge in [-0.25, -0.2) is 9.78 Å². The fourth-order valence-electron chi connectivity index (χ4n) is 4.12. The average Bonchev–Trinajstić information content (AvgIpc) is 2.59. The van der Waals surface area contributed by atoms with E-state index < -0.39 is 0 Å². The number of piperazine rings is 1. The van der Waals surface area contributed by atoms with E-state index in [0.717, 1.165) is 48.6 Å². The molecule has 0 amide bonds. The van der Waals surface area contributed by atoms with Crippen molar-refractivity contribution in [1.29, 1.82) is 0 Å². The van der Waals surface area contributed by atoms with Crippen molar-refractivity contribution < 1.29 is 0 Å². The highest BCUT2D eigenvalue weighted by Gasteiger charge is 2.35. The number of halogens is 1. The molecule has 2 aliphatic heterocycles. The molecule has 0 N–H and O–H groups in total. The molecule has 0 spiro atoms. The maximum absolute atomic E-state index is 12.6. The molecule has 4 rings (SSSR count). The lowest BCUT2D eigenvalue weighted by Gasteiger charge is -2.46.